The van der Waals surface area contributed by atoms with Crippen molar-refractivity contribution in [3.05, 3.63) is 57.8 Å². The van der Waals surface area contributed by atoms with Crippen LogP contribution in [0.1, 0.15) is 21.1 Å². The van der Waals surface area contributed by atoms with E-state index >= 15 is 0 Å². The highest BCUT2D eigenvalue weighted by atomic mass is 32.1. The number of hydrogen-bond donors (Lipinski definition) is 1. The Kier molecular flexibility index (Phi) is 5.55. The largest absolute Gasteiger partial charge is 0.340 e. The lowest BCUT2D eigenvalue weighted by Gasteiger charge is -2.26. The van der Waals surface area contributed by atoms with Gasteiger partial charge in [0, 0.05) is 49.4 Å². The summed E-state index contributed by atoms with van der Waals surface area (Å²) >= 11 is 1.75. The molecule has 0 radical (unpaired) electrons. The predicted octanol–water partition coefficient (Wildman–Crippen LogP) is 2.39. The molecule has 2 aromatic heterocycles. The quantitative estimate of drug-likeness (QED) is 0.697. The first-order valence-electron chi connectivity index (χ1n) is 9.59. The molecule has 4 rings (SSSR count). The first kappa shape index (κ1) is 19.5. The van der Waals surface area contributed by atoms with Gasteiger partial charge in [-0.1, -0.05) is 18.2 Å². The molecule has 7 nitrogen and oxygen atoms in total. The van der Waals surface area contributed by atoms with Crippen molar-refractivity contribution in [2.24, 2.45) is 5.73 Å². The number of nitrogens with two attached hydrogens (primary N) is 1. The van der Waals surface area contributed by atoms with Gasteiger partial charge in [-0.2, -0.15) is 0 Å². The molecule has 29 heavy (non-hydrogen) atoms. The van der Waals surface area contributed by atoms with Gasteiger partial charge in [0.2, 0.25) is 11.9 Å². The molecule has 150 valence electrons. The highest BCUT2D eigenvalue weighted by molar-refractivity contribution is 7.11. The van der Waals surface area contributed by atoms with Gasteiger partial charge in [0.05, 0.1) is 23.8 Å². The summed E-state index contributed by atoms with van der Waals surface area (Å²) < 4.78 is 0. The van der Waals surface area contributed by atoms with E-state index in [1.165, 1.54) is 10.6 Å². The Morgan fingerprint density at radius 1 is 1.28 bits per heavy atom. The summed E-state index contributed by atoms with van der Waals surface area (Å²) in [5.74, 6) is 0.666. The van der Waals surface area contributed by atoms with Crippen molar-refractivity contribution < 1.29 is 4.79 Å². The fourth-order valence-electron chi connectivity index (χ4n) is 3.50. The molecular formula is C21H24N6OS. The van der Waals surface area contributed by atoms with Crippen molar-refractivity contribution in [1.82, 2.24) is 19.9 Å². The Balaban J connectivity index is 1.48. The molecule has 1 aromatic carbocycles. The van der Waals surface area contributed by atoms with Crippen LogP contribution in [-0.2, 0) is 24.3 Å². The summed E-state index contributed by atoms with van der Waals surface area (Å²) in [6, 6.07) is 8.07. The third-order valence-electron chi connectivity index (χ3n) is 5.04. The monoisotopic (exact) mass is 408 g/mol. The Morgan fingerprint density at radius 2 is 2.07 bits per heavy atom. The average Bonchev–Trinajstić information content (AvgIpc) is 3.12. The Hall–Kier alpha value is -2.84. The molecule has 3 aromatic rings. The lowest BCUT2D eigenvalue weighted by Crippen LogP contribution is -2.32. The first-order chi connectivity index (χ1) is 14.0. The number of likely N-dealkylation sites (N-methyl/N-ethyl adjacent to an activating group) is 1. The number of rotatable bonds is 5. The summed E-state index contributed by atoms with van der Waals surface area (Å²) in [7, 11) is 1.76. The van der Waals surface area contributed by atoms with Crippen molar-refractivity contribution in [2.75, 3.05) is 25.0 Å². The molecule has 2 N–H and O–H groups in total. The molecule has 0 spiro atoms. The van der Waals surface area contributed by atoms with E-state index in [1.54, 1.807) is 23.3 Å². The van der Waals surface area contributed by atoms with E-state index in [2.05, 4.69) is 32.8 Å². The second-order valence-corrected chi connectivity index (χ2v) is 8.49. The Bertz CT molecular complexity index is 1020. The minimum atomic E-state index is -0.0797. The zero-order valence-electron chi connectivity index (χ0n) is 16.6. The zero-order chi connectivity index (χ0) is 20.4. The highest BCUT2D eigenvalue weighted by Gasteiger charge is 2.21. The minimum Gasteiger partial charge on any atom is -0.340 e. The van der Waals surface area contributed by atoms with Crippen LogP contribution >= 0.6 is 11.3 Å². The molecular weight excluding hydrogens is 384 g/mol. The summed E-state index contributed by atoms with van der Waals surface area (Å²) in [5.41, 5.74) is 9.68. The fourth-order valence-corrected chi connectivity index (χ4v) is 4.49. The molecule has 1 amide bonds. The minimum absolute atomic E-state index is 0.0184. The Labute approximate surface area is 174 Å². The molecule has 8 heteroatoms. The third-order valence-corrected chi connectivity index (χ3v) is 6.04. The van der Waals surface area contributed by atoms with E-state index in [-0.39, 0.29) is 12.5 Å². The lowest BCUT2D eigenvalue weighted by atomic mass is 10.1. The fraction of sp³-hybridized carbons (Fsp3) is 0.333. The van der Waals surface area contributed by atoms with E-state index in [0.29, 0.717) is 6.54 Å². The van der Waals surface area contributed by atoms with Crippen LogP contribution in [0.25, 0.3) is 11.1 Å². The van der Waals surface area contributed by atoms with Crippen molar-refractivity contribution in [3.8, 4) is 11.1 Å². The number of benzene rings is 1. The van der Waals surface area contributed by atoms with E-state index in [4.69, 9.17) is 5.73 Å². The number of fused-ring (bicyclic) bond motifs is 1. The number of amides is 1. The smallest absolute Gasteiger partial charge is 0.236 e. The number of aromatic nitrogens is 3. The zero-order valence-corrected chi connectivity index (χ0v) is 17.4. The summed E-state index contributed by atoms with van der Waals surface area (Å²) in [4.78, 5) is 30.7. The molecule has 0 unspecified atom stereocenters. The topological polar surface area (TPSA) is 88.2 Å². The van der Waals surface area contributed by atoms with Crippen LogP contribution in [0.3, 0.4) is 0 Å². The molecule has 1 aliphatic heterocycles. The maximum atomic E-state index is 11.7. The van der Waals surface area contributed by atoms with Crippen LogP contribution < -0.4 is 10.6 Å². The number of aryl methyl sites for hydroxylation is 1. The summed E-state index contributed by atoms with van der Waals surface area (Å²) in [6.07, 6.45) is 4.66. The van der Waals surface area contributed by atoms with Crippen molar-refractivity contribution in [3.63, 3.8) is 0 Å². The van der Waals surface area contributed by atoms with Gasteiger partial charge in [-0.3, -0.25) is 4.79 Å². The van der Waals surface area contributed by atoms with Crippen LogP contribution in [0, 0.1) is 6.92 Å². The van der Waals surface area contributed by atoms with E-state index < -0.39 is 0 Å². The number of carbonyl (C=O) groups excluding carboxylic acids is 1. The molecule has 1 aliphatic rings. The second-order valence-electron chi connectivity index (χ2n) is 7.20. The maximum absolute atomic E-state index is 11.7. The SMILES string of the molecule is Cc1nc2c(s1)CN(c1ncc(-c3cccc(CN(C)C(=O)CN)c3)cn1)CC2. The van der Waals surface area contributed by atoms with Gasteiger partial charge >= 0.3 is 0 Å². The number of anilines is 1. The van der Waals surface area contributed by atoms with Crippen LogP contribution in [-0.4, -0.2) is 45.9 Å². The van der Waals surface area contributed by atoms with Crippen LogP contribution in [0.2, 0.25) is 0 Å². The first-order valence-corrected chi connectivity index (χ1v) is 10.4. The number of carbonyl (C=O) groups is 1. The summed E-state index contributed by atoms with van der Waals surface area (Å²) in [6.45, 7) is 4.29. The second kappa shape index (κ2) is 8.26. The van der Waals surface area contributed by atoms with Gasteiger partial charge in [-0.25, -0.2) is 15.0 Å². The molecule has 3 heterocycles. The number of hydrogen-bond acceptors (Lipinski definition) is 7. The van der Waals surface area contributed by atoms with Crippen molar-refractivity contribution >= 4 is 23.2 Å². The van der Waals surface area contributed by atoms with E-state index in [9.17, 15) is 4.79 Å². The van der Waals surface area contributed by atoms with Crippen LogP contribution in [0.15, 0.2) is 36.7 Å². The van der Waals surface area contributed by atoms with Gasteiger partial charge in [0.1, 0.15) is 0 Å². The van der Waals surface area contributed by atoms with Gasteiger partial charge in [-0.05, 0) is 24.1 Å². The van der Waals surface area contributed by atoms with Gasteiger partial charge in [0.25, 0.3) is 0 Å². The maximum Gasteiger partial charge on any atom is 0.236 e. The molecule has 0 atom stereocenters. The number of thiazole rings is 1. The van der Waals surface area contributed by atoms with E-state index in [0.717, 1.165) is 47.2 Å². The highest BCUT2D eigenvalue weighted by Crippen LogP contribution is 2.27. The standard InChI is InChI=1S/C21H24N6OS/c1-14-25-18-6-7-27(13-19(18)29-14)21-23-10-17(11-24-21)16-5-3-4-15(8-16)12-26(2)20(28)9-22/h3-5,8,10-11H,6-7,9,12-13,22H2,1-2H3. The molecule has 0 saturated heterocycles. The van der Waals surface area contributed by atoms with Gasteiger partial charge in [0.15, 0.2) is 0 Å². The summed E-state index contributed by atoms with van der Waals surface area (Å²) in [5, 5.41) is 1.12. The Morgan fingerprint density at radius 3 is 2.83 bits per heavy atom. The molecule has 0 saturated carbocycles. The van der Waals surface area contributed by atoms with Crippen molar-refractivity contribution in [2.45, 2.75) is 26.4 Å². The van der Waals surface area contributed by atoms with Crippen LogP contribution in [0.4, 0.5) is 5.95 Å². The van der Waals surface area contributed by atoms with Gasteiger partial charge in [-0.15, -0.1) is 11.3 Å². The predicted molar refractivity (Wildman–Crippen MR) is 115 cm³/mol. The molecule has 0 fully saturated rings. The molecule has 0 bridgehead atoms. The third kappa shape index (κ3) is 4.28. The van der Waals surface area contributed by atoms with Crippen molar-refractivity contribution in [1.29, 1.82) is 0 Å². The van der Waals surface area contributed by atoms with Crippen LogP contribution in [0.5, 0.6) is 0 Å². The normalized spacial score (nSPS) is 13.3. The number of nitrogens with zero attached hydrogens (tertiary/aromatic N) is 5. The average molecular weight is 409 g/mol. The molecule has 0 aliphatic carbocycles. The van der Waals surface area contributed by atoms with Gasteiger partial charge < -0.3 is 15.5 Å². The lowest BCUT2D eigenvalue weighted by molar-refractivity contribution is -0.128. The van der Waals surface area contributed by atoms with E-state index in [1.807, 2.05) is 30.6 Å².